The van der Waals surface area contributed by atoms with Crippen molar-refractivity contribution in [2.75, 3.05) is 39.0 Å². The summed E-state index contributed by atoms with van der Waals surface area (Å²) >= 11 is 12.1. The predicted molar refractivity (Wildman–Crippen MR) is 143 cm³/mol. The lowest BCUT2D eigenvalue weighted by atomic mass is 10.0. The van der Waals surface area contributed by atoms with Gasteiger partial charge in [0.1, 0.15) is 17.7 Å². The summed E-state index contributed by atoms with van der Waals surface area (Å²) in [7, 11) is 2.04. The summed E-state index contributed by atoms with van der Waals surface area (Å²) in [5, 5.41) is -0.106. The van der Waals surface area contributed by atoms with E-state index in [1.165, 1.54) is 13.2 Å². The molecule has 0 aliphatic carbocycles. The van der Waals surface area contributed by atoms with Gasteiger partial charge in [0.15, 0.2) is 11.4 Å². The number of carbonyl (C=O) groups excluding carboxylic acids is 1. The highest BCUT2D eigenvalue weighted by molar-refractivity contribution is 6.36. The van der Waals surface area contributed by atoms with Crippen molar-refractivity contribution in [3.63, 3.8) is 0 Å². The first kappa shape index (κ1) is 26.2. The molecule has 1 aliphatic rings. The van der Waals surface area contributed by atoms with Crippen molar-refractivity contribution in [2.45, 2.75) is 13.0 Å². The number of hydrogen-bond acceptors (Lipinski definition) is 6. The van der Waals surface area contributed by atoms with Crippen LogP contribution in [-0.2, 0) is 0 Å². The number of pyridine rings is 1. The van der Waals surface area contributed by atoms with Gasteiger partial charge in [0, 0.05) is 55.1 Å². The summed E-state index contributed by atoms with van der Waals surface area (Å²) < 4.78 is 39.9. The highest BCUT2D eigenvalue weighted by Gasteiger charge is 2.26. The number of hydrogen-bond donors (Lipinski definition) is 1. The van der Waals surface area contributed by atoms with E-state index in [9.17, 15) is 13.6 Å². The molecule has 1 amide bonds. The Morgan fingerprint density at radius 3 is 2.37 bits per heavy atom. The summed E-state index contributed by atoms with van der Waals surface area (Å²) in [6.45, 7) is 4.60. The van der Waals surface area contributed by atoms with Crippen LogP contribution < -0.4 is 10.5 Å². The van der Waals surface area contributed by atoms with E-state index in [1.54, 1.807) is 18.3 Å². The Morgan fingerprint density at radius 1 is 1.11 bits per heavy atom. The average Bonchev–Trinajstić information content (AvgIpc) is 3.34. The minimum atomic E-state index is -0.983. The summed E-state index contributed by atoms with van der Waals surface area (Å²) in [6.07, 6.45) is 2.09. The summed E-state index contributed by atoms with van der Waals surface area (Å²) in [5.41, 5.74) is 8.40. The van der Waals surface area contributed by atoms with E-state index in [0.717, 1.165) is 18.7 Å². The Bertz CT molecular complexity index is 1490. The molecule has 0 spiro atoms. The minimum absolute atomic E-state index is 0.00748. The number of furan rings is 1. The zero-order valence-electron chi connectivity index (χ0n) is 20.6. The molecule has 4 aromatic rings. The number of likely N-dealkylation sites (N-methyl/N-ethyl adjacent to an activating group) is 1. The number of piperazine rings is 1. The molecule has 2 aromatic carbocycles. The molecular weight excluding hydrogens is 537 g/mol. The highest BCUT2D eigenvalue weighted by Crippen LogP contribution is 2.42. The van der Waals surface area contributed by atoms with Crippen molar-refractivity contribution in [3.8, 4) is 16.9 Å². The quantitative estimate of drug-likeness (QED) is 0.293. The SMILES string of the molecule is CC(Oc1c(N)ncc2c(-c3ccc(C(=O)N4CCN(C)CC4)cc3)coc12)c1c(Cl)c(F)cc(F)c1Cl. The number of aromatic nitrogens is 1. The molecule has 1 fully saturated rings. The van der Waals surface area contributed by atoms with Crippen molar-refractivity contribution < 1.29 is 22.7 Å². The summed E-state index contributed by atoms with van der Waals surface area (Å²) in [5.74, 6) is -1.83. The molecule has 38 heavy (non-hydrogen) atoms. The fourth-order valence-electron chi connectivity index (χ4n) is 4.49. The molecule has 1 aliphatic heterocycles. The topological polar surface area (TPSA) is 84.8 Å². The molecule has 3 heterocycles. The smallest absolute Gasteiger partial charge is 0.253 e. The van der Waals surface area contributed by atoms with Gasteiger partial charge in [-0.1, -0.05) is 35.3 Å². The van der Waals surface area contributed by atoms with Crippen LogP contribution in [0.3, 0.4) is 0 Å². The molecule has 5 rings (SSSR count). The number of carbonyl (C=O) groups is 1. The van der Waals surface area contributed by atoms with E-state index in [0.29, 0.717) is 41.3 Å². The summed E-state index contributed by atoms with van der Waals surface area (Å²) in [4.78, 5) is 21.2. The molecule has 7 nitrogen and oxygen atoms in total. The second kappa shape index (κ2) is 10.4. The van der Waals surface area contributed by atoms with E-state index in [1.807, 2.05) is 24.1 Å². The number of halogens is 4. The molecule has 2 aromatic heterocycles. The first-order valence-electron chi connectivity index (χ1n) is 11.9. The van der Waals surface area contributed by atoms with E-state index < -0.39 is 17.7 Å². The Kier molecular flexibility index (Phi) is 7.17. The van der Waals surface area contributed by atoms with Crippen LogP contribution in [-0.4, -0.2) is 53.9 Å². The van der Waals surface area contributed by atoms with E-state index in [4.69, 9.17) is 38.1 Å². The van der Waals surface area contributed by atoms with Crippen LogP contribution >= 0.6 is 23.2 Å². The molecule has 11 heteroatoms. The molecule has 1 atom stereocenters. The Hall–Kier alpha value is -3.40. The van der Waals surface area contributed by atoms with Crippen molar-refractivity contribution in [1.29, 1.82) is 0 Å². The third kappa shape index (κ3) is 4.77. The van der Waals surface area contributed by atoms with Gasteiger partial charge in [0.2, 0.25) is 5.75 Å². The van der Waals surface area contributed by atoms with E-state index in [-0.39, 0.29) is 33.1 Å². The molecule has 0 saturated carbocycles. The van der Waals surface area contributed by atoms with Crippen molar-refractivity contribution >= 4 is 45.9 Å². The molecule has 0 radical (unpaired) electrons. The standard InChI is InChI=1S/C27H24Cl2F2N4O3/c1-14(21-22(28)19(30)11-20(31)23(21)29)38-25-24-17(12-33-26(25)32)18(13-37-24)15-3-5-16(6-4-15)27(36)35-9-7-34(2)8-10-35/h3-6,11-14H,7-10H2,1-2H3,(H2,32,33). The fraction of sp³-hybridized carbons (Fsp3) is 0.259. The number of amides is 1. The number of anilines is 1. The molecule has 0 bridgehead atoms. The number of nitrogens with two attached hydrogens (primary N) is 1. The van der Waals surface area contributed by atoms with Crippen molar-refractivity contribution in [2.24, 2.45) is 0 Å². The third-order valence-corrected chi connectivity index (χ3v) is 7.45. The average molecular weight is 561 g/mol. The second-order valence-electron chi connectivity index (χ2n) is 9.18. The van der Waals surface area contributed by atoms with Gasteiger partial charge in [-0.05, 0) is 31.7 Å². The van der Waals surface area contributed by atoms with Gasteiger partial charge in [-0.2, -0.15) is 0 Å². The summed E-state index contributed by atoms with van der Waals surface area (Å²) in [6, 6.07) is 7.84. The molecule has 1 saturated heterocycles. The molecule has 1 unspecified atom stereocenters. The van der Waals surface area contributed by atoms with Gasteiger partial charge in [-0.15, -0.1) is 0 Å². The molecular formula is C27H24Cl2F2N4O3. The van der Waals surface area contributed by atoms with Gasteiger partial charge < -0.3 is 24.7 Å². The van der Waals surface area contributed by atoms with Gasteiger partial charge in [0.05, 0.1) is 21.7 Å². The van der Waals surface area contributed by atoms with Crippen molar-refractivity contribution in [1.82, 2.24) is 14.8 Å². The maximum absolute atomic E-state index is 14.1. The lowest BCUT2D eigenvalue weighted by Gasteiger charge is -2.32. The van der Waals surface area contributed by atoms with Crippen LogP contribution in [0.25, 0.3) is 22.1 Å². The predicted octanol–water partition coefficient (Wildman–Crippen LogP) is 6.19. The number of benzene rings is 2. The minimum Gasteiger partial charge on any atom is -0.478 e. The van der Waals surface area contributed by atoms with Crippen LogP contribution in [0.4, 0.5) is 14.6 Å². The Morgan fingerprint density at radius 2 is 1.74 bits per heavy atom. The number of nitrogens with zero attached hydrogens (tertiary/aromatic N) is 3. The molecule has 2 N–H and O–H groups in total. The van der Waals surface area contributed by atoms with Crippen molar-refractivity contribution in [3.05, 3.63) is 75.6 Å². The first-order chi connectivity index (χ1) is 18.2. The van der Waals surface area contributed by atoms with Crippen LogP contribution in [0.5, 0.6) is 5.75 Å². The number of rotatable bonds is 5. The zero-order valence-corrected chi connectivity index (χ0v) is 22.1. The van der Waals surface area contributed by atoms with Crippen LogP contribution in [0.15, 0.2) is 47.2 Å². The fourth-order valence-corrected chi connectivity index (χ4v) is 5.14. The van der Waals surface area contributed by atoms with Crippen LogP contribution in [0.2, 0.25) is 10.0 Å². The van der Waals surface area contributed by atoms with Crippen LogP contribution in [0, 0.1) is 11.6 Å². The lowest BCUT2D eigenvalue weighted by Crippen LogP contribution is -2.47. The van der Waals surface area contributed by atoms with Gasteiger partial charge in [-0.3, -0.25) is 4.79 Å². The van der Waals surface area contributed by atoms with E-state index >= 15 is 0 Å². The van der Waals surface area contributed by atoms with Gasteiger partial charge in [-0.25, -0.2) is 13.8 Å². The second-order valence-corrected chi connectivity index (χ2v) is 9.94. The number of fused-ring (bicyclic) bond motifs is 1. The normalized spacial score (nSPS) is 15.2. The monoisotopic (exact) mass is 560 g/mol. The Balaban J connectivity index is 1.43. The third-order valence-electron chi connectivity index (χ3n) is 6.68. The maximum Gasteiger partial charge on any atom is 0.253 e. The van der Waals surface area contributed by atoms with Crippen LogP contribution in [0.1, 0.15) is 28.9 Å². The number of ether oxygens (including phenoxy) is 1. The molecule has 198 valence electrons. The first-order valence-corrected chi connectivity index (χ1v) is 12.6. The maximum atomic E-state index is 14.1. The zero-order chi connectivity index (χ0) is 27.1. The lowest BCUT2D eigenvalue weighted by molar-refractivity contribution is 0.0664. The number of nitrogen functional groups attached to an aromatic ring is 1. The largest absolute Gasteiger partial charge is 0.478 e. The van der Waals surface area contributed by atoms with Gasteiger partial charge >= 0.3 is 0 Å². The highest BCUT2D eigenvalue weighted by atomic mass is 35.5. The van der Waals surface area contributed by atoms with E-state index in [2.05, 4.69) is 9.88 Å². The van der Waals surface area contributed by atoms with Gasteiger partial charge in [0.25, 0.3) is 5.91 Å². The Labute approximate surface area is 227 Å².